The van der Waals surface area contributed by atoms with Crippen LogP contribution in [0.1, 0.15) is 22.9 Å². The first kappa shape index (κ1) is 13.5. The van der Waals surface area contributed by atoms with E-state index in [1.54, 1.807) is 30.5 Å². The zero-order valence-corrected chi connectivity index (χ0v) is 10.9. The van der Waals surface area contributed by atoms with Crippen LogP contribution in [0.2, 0.25) is 0 Å². The minimum absolute atomic E-state index is 0.166. The highest BCUT2D eigenvalue weighted by atomic mass is 19.1. The van der Waals surface area contributed by atoms with Crippen LogP contribution >= 0.6 is 0 Å². The number of ether oxygens (including phenoxy) is 1. The summed E-state index contributed by atoms with van der Waals surface area (Å²) in [6, 6.07) is 8.53. The minimum Gasteiger partial charge on any atom is -0.494 e. The quantitative estimate of drug-likeness (QED) is 0.920. The van der Waals surface area contributed by atoms with Crippen molar-refractivity contribution in [3.05, 3.63) is 59.2 Å². The summed E-state index contributed by atoms with van der Waals surface area (Å²) in [5, 5.41) is 10.1. The molecule has 0 bridgehead atoms. The van der Waals surface area contributed by atoms with E-state index in [0.29, 0.717) is 11.3 Å². The van der Waals surface area contributed by atoms with Gasteiger partial charge in [-0.2, -0.15) is 0 Å². The number of nitrogens with zero attached hydrogens (tertiary/aromatic N) is 1. The molecule has 0 amide bonds. The van der Waals surface area contributed by atoms with E-state index in [0.717, 1.165) is 5.56 Å². The van der Waals surface area contributed by atoms with Crippen molar-refractivity contribution in [3.8, 4) is 5.75 Å². The topological polar surface area (TPSA) is 42.4 Å². The minimum atomic E-state index is -0.832. The van der Waals surface area contributed by atoms with Crippen molar-refractivity contribution in [2.24, 2.45) is 0 Å². The Morgan fingerprint density at radius 3 is 2.84 bits per heavy atom. The number of hydrogen-bond donors (Lipinski definition) is 1. The Labute approximate surface area is 111 Å². The molecule has 0 saturated heterocycles. The van der Waals surface area contributed by atoms with Crippen LogP contribution in [0, 0.1) is 12.7 Å². The van der Waals surface area contributed by atoms with Gasteiger partial charge in [-0.15, -0.1) is 0 Å². The van der Waals surface area contributed by atoms with E-state index in [1.165, 1.54) is 7.11 Å². The van der Waals surface area contributed by atoms with Gasteiger partial charge in [-0.3, -0.25) is 4.98 Å². The van der Waals surface area contributed by atoms with E-state index >= 15 is 0 Å². The molecule has 1 unspecified atom stereocenters. The molecule has 2 rings (SSSR count). The average molecular weight is 261 g/mol. The van der Waals surface area contributed by atoms with Crippen molar-refractivity contribution in [3.63, 3.8) is 0 Å². The zero-order chi connectivity index (χ0) is 13.8. The summed E-state index contributed by atoms with van der Waals surface area (Å²) < 4.78 is 18.9. The summed E-state index contributed by atoms with van der Waals surface area (Å²) in [5.41, 5.74) is 1.97. The van der Waals surface area contributed by atoms with Gasteiger partial charge in [0.2, 0.25) is 0 Å². The van der Waals surface area contributed by atoms with Gasteiger partial charge in [0.05, 0.1) is 12.8 Å². The third kappa shape index (κ3) is 3.09. The fourth-order valence-corrected chi connectivity index (χ4v) is 1.93. The molecule has 0 saturated carbocycles. The lowest BCUT2D eigenvalue weighted by atomic mass is 10.0. The van der Waals surface area contributed by atoms with Gasteiger partial charge in [0, 0.05) is 12.6 Å². The van der Waals surface area contributed by atoms with Crippen LogP contribution in [-0.2, 0) is 6.42 Å². The third-order valence-electron chi connectivity index (χ3n) is 2.95. The highest BCUT2D eigenvalue weighted by Gasteiger charge is 2.15. The second-order valence-electron chi connectivity index (χ2n) is 4.41. The normalized spacial score (nSPS) is 12.2. The number of methoxy groups -OCH3 is 1. The molecule has 4 heteroatoms. The fourth-order valence-electron chi connectivity index (χ4n) is 1.93. The Morgan fingerprint density at radius 1 is 1.37 bits per heavy atom. The highest BCUT2D eigenvalue weighted by molar-refractivity contribution is 5.32. The molecule has 3 nitrogen and oxygen atoms in total. The molecule has 1 aromatic heterocycles. The SMILES string of the molecule is COc1cccc(CC(O)c2cc(C)ccn2)c1F. The fraction of sp³-hybridized carbons (Fsp3) is 0.267. The Balaban J connectivity index is 2.21. The summed E-state index contributed by atoms with van der Waals surface area (Å²) in [4.78, 5) is 4.10. The number of aliphatic hydroxyl groups excluding tert-OH is 1. The number of aliphatic hydroxyl groups is 1. The van der Waals surface area contributed by atoms with E-state index in [2.05, 4.69) is 4.98 Å². The van der Waals surface area contributed by atoms with Gasteiger partial charge in [-0.1, -0.05) is 12.1 Å². The van der Waals surface area contributed by atoms with Crippen molar-refractivity contribution in [1.82, 2.24) is 4.98 Å². The molecule has 2 aromatic rings. The lowest BCUT2D eigenvalue weighted by Gasteiger charge is -2.12. The smallest absolute Gasteiger partial charge is 0.168 e. The Hall–Kier alpha value is -1.94. The monoisotopic (exact) mass is 261 g/mol. The second-order valence-corrected chi connectivity index (χ2v) is 4.41. The number of pyridine rings is 1. The first-order valence-corrected chi connectivity index (χ1v) is 6.04. The number of benzene rings is 1. The number of hydrogen-bond acceptors (Lipinski definition) is 3. The van der Waals surface area contributed by atoms with Crippen molar-refractivity contribution in [2.45, 2.75) is 19.4 Å². The Bertz CT molecular complexity index is 572. The summed E-state index contributed by atoms with van der Waals surface area (Å²) in [6.45, 7) is 1.92. The first-order valence-electron chi connectivity index (χ1n) is 6.04. The molecule has 0 aliphatic rings. The van der Waals surface area contributed by atoms with Crippen LogP contribution < -0.4 is 4.74 Å². The van der Waals surface area contributed by atoms with Crippen molar-refractivity contribution >= 4 is 0 Å². The number of aryl methyl sites for hydroxylation is 1. The van der Waals surface area contributed by atoms with Crippen LogP contribution in [-0.4, -0.2) is 17.2 Å². The molecule has 0 radical (unpaired) electrons. The molecule has 0 aliphatic heterocycles. The largest absolute Gasteiger partial charge is 0.494 e. The molecule has 100 valence electrons. The zero-order valence-electron chi connectivity index (χ0n) is 10.9. The summed E-state index contributed by atoms with van der Waals surface area (Å²) in [6.07, 6.45) is 0.969. The summed E-state index contributed by atoms with van der Waals surface area (Å²) in [7, 11) is 1.42. The molecule has 0 aliphatic carbocycles. The second kappa shape index (κ2) is 5.80. The molecular weight excluding hydrogens is 245 g/mol. The maximum atomic E-state index is 14.0. The third-order valence-corrected chi connectivity index (χ3v) is 2.95. The van der Waals surface area contributed by atoms with Gasteiger partial charge in [0.1, 0.15) is 6.10 Å². The van der Waals surface area contributed by atoms with Crippen LogP contribution in [0.25, 0.3) is 0 Å². The molecule has 0 spiro atoms. The van der Waals surface area contributed by atoms with Crippen molar-refractivity contribution in [2.75, 3.05) is 7.11 Å². The molecular formula is C15H16FNO2. The number of halogens is 1. The van der Waals surface area contributed by atoms with Gasteiger partial charge in [-0.05, 0) is 36.2 Å². The van der Waals surface area contributed by atoms with Gasteiger partial charge >= 0.3 is 0 Å². The van der Waals surface area contributed by atoms with E-state index in [-0.39, 0.29) is 12.2 Å². The molecule has 1 aromatic carbocycles. The van der Waals surface area contributed by atoms with E-state index < -0.39 is 11.9 Å². The lowest BCUT2D eigenvalue weighted by molar-refractivity contribution is 0.172. The van der Waals surface area contributed by atoms with Crippen LogP contribution in [0.4, 0.5) is 4.39 Å². The molecule has 1 N–H and O–H groups in total. The Kier molecular flexibility index (Phi) is 4.12. The van der Waals surface area contributed by atoms with Crippen molar-refractivity contribution in [1.29, 1.82) is 0 Å². The van der Waals surface area contributed by atoms with Gasteiger partial charge in [0.25, 0.3) is 0 Å². The van der Waals surface area contributed by atoms with Crippen LogP contribution in [0.3, 0.4) is 0 Å². The predicted molar refractivity (Wildman–Crippen MR) is 70.6 cm³/mol. The maximum Gasteiger partial charge on any atom is 0.168 e. The lowest BCUT2D eigenvalue weighted by Crippen LogP contribution is -2.06. The first-order chi connectivity index (χ1) is 9.11. The van der Waals surface area contributed by atoms with Crippen molar-refractivity contribution < 1.29 is 14.2 Å². The Morgan fingerprint density at radius 2 is 2.16 bits per heavy atom. The molecule has 0 fully saturated rings. The van der Waals surface area contributed by atoms with Crippen LogP contribution in [0.5, 0.6) is 5.75 Å². The maximum absolute atomic E-state index is 14.0. The average Bonchev–Trinajstić information content (AvgIpc) is 2.41. The molecule has 19 heavy (non-hydrogen) atoms. The summed E-state index contributed by atoms with van der Waals surface area (Å²) in [5.74, 6) is -0.251. The van der Waals surface area contributed by atoms with Gasteiger partial charge < -0.3 is 9.84 Å². The van der Waals surface area contributed by atoms with Gasteiger partial charge in [-0.25, -0.2) is 4.39 Å². The van der Waals surface area contributed by atoms with E-state index in [1.807, 2.05) is 13.0 Å². The standard InChI is InChI=1S/C15H16FNO2/c1-10-6-7-17-12(8-10)13(18)9-11-4-3-5-14(19-2)15(11)16/h3-8,13,18H,9H2,1-2H3. The molecule has 1 atom stereocenters. The van der Waals surface area contributed by atoms with Gasteiger partial charge in [0.15, 0.2) is 11.6 Å². The number of rotatable bonds is 4. The summed E-state index contributed by atoms with van der Waals surface area (Å²) >= 11 is 0. The predicted octanol–water partition coefficient (Wildman–Crippen LogP) is 2.81. The highest BCUT2D eigenvalue weighted by Crippen LogP contribution is 2.24. The van der Waals surface area contributed by atoms with E-state index in [9.17, 15) is 9.50 Å². The van der Waals surface area contributed by atoms with E-state index in [4.69, 9.17) is 4.74 Å². The number of aromatic nitrogens is 1. The molecule has 1 heterocycles. The van der Waals surface area contributed by atoms with Crippen LogP contribution in [0.15, 0.2) is 36.5 Å².